The summed E-state index contributed by atoms with van der Waals surface area (Å²) >= 11 is 0. The second-order valence-electron chi connectivity index (χ2n) is 6.97. The molecule has 3 aromatic rings. The number of aliphatic imine (C=N–C) groups is 1. The largest absolute Gasteiger partial charge is 0.493 e. The zero-order valence-corrected chi connectivity index (χ0v) is 17.4. The molecule has 33 heavy (non-hydrogen) atoms. The summed E-state index contributed by atoms with van der Waals surface area (Å²) in [6, 6.07) is 16.8. The number of halogens is 1. The number of hydrogen-bond donors (Lipinski definition) is 0. The fourth-order valence-corrected chi connectivity index (χ4v) is 3.13. The van der Waals surface area contributed by atoms with E-state index in [2.05, 4.69) is 4.99 Å². The molecule has 0 fully saturated rings. The van der Waals surface area contributed by atoms with Crippen molar-refractivity contribution in [1.82, 2.24) is 0 Å². The number of rotatable bonds is 7. The van der Waals surface area contributed by atoms with Crippen LogP contribution in [0.25, 0.3) is 6.08 Å². The molecule has 166 valence electrons. The van der Waals surface area contributed by atoms with Gasteiger partial charge in [-0.25, -0.2) is 14.2 Å². The Labute approximate surface area is 187 Å². The van der Waals surface area contributed by atoms with Gasteiger partial charge in [0.15, 0.2) is 17.2 Å². The molecule has 1 aliphatic heterocycles. The quantitative estimate of drug-likeness (QED) is 0.225. The predicted octanol–water partition coefficient (Wildman–Crippen LogP) is 4.67. The van der Waals surface area contributed by atoms with E-state index in [0.717, 1.165) is 0 Å². The topological polar surface area (TPSA) is 100 Å². The molecule has 0 saturated carbocycles. The van der Waals surface area contributed by atoms with Crippen molar-refractivity contribution in [2.45, 2.75) is 6.61 Å². The molecule has 0 radical (unpaired) electrons. The Kier molecular flexibility index (Phi) is 6.12. The summed E-state index contributed by atoms with van der Waals surface area (Å²) in [7, 11) is 1.47. The van der Waals surface area contributed by atoms with Gasteiger partial charge >= 0.3 is 5.97 Å². The van der Waals surface area contributed by atoms with Gasteiger partial charge in [-0.15, -0.1) is 0 Å². The first-order chi connectivity index (χ1) is 15.9. The van der Waals surface area contributed by atoms with Gasteiger partial charge in [0.25, 0.3) is 5.69 Å². The van der Waals surface area contributed by atoms with Gasteiger partial charge in [-0.1, -0.05) is 24.3 Å². The molecule has 0 amide bonds. The van der Waals surface area contributed by atoms with Gasteiger partial charge in [0.05, 0.1) is 12.0 Å². The van der Waals surface area contributed by atoms with Gasteiger partial charge in [0.1, 0.15) is 12.4 Å². The molecule has 4 rings (SSSR count). The first-order valence-corrected chi connectivity index (χ1v) is 9.75. The molecule has 0 aliphatic carbocycles. The zero-order valence-electron chi connectivity index (χ0n) is 17.4. The van der Waals surface area contributed by atoms with Gasteiger partial charge < -0.3 is 14.2 Å². The molecule has 0 N–H and O–H groups in total. The number of cyclic esters (lactones) is 1. The van der Waals surface area contributed by atoms with Crippen molar-refractivity contribution in [3.8, 4) is 11.5 Å². The van der Waals surface area contributed by atoms with Gasteiger partial charge in [-0.3, -0.25) is 10.1 Å². The first-order valence-electron chi connectivity index (χ1n) is 9.75. The normalized spacial score (nSPS) is 14.1. The maximum absolute atomic E-state index is 13.4. The average Bonchev–Trinajstić information content (AvgIpc) is 3.18. The minimum absolute atomic E-state index is 0.0216. The third kappa shape index (κ3) is 5.04. The van der Waals surface area contributed by atoms with Crippen LogP contribution in [0.5, 0.6) is 11.5 Å². The standard InChI is InChI=1S/C24H17FN2O6/c1-31-22-12-15(8-9-21(22)32-14-16-4-2-7-19(10-16)27(29)30)11-20-24(28)33-23(26-20)17-5-3-6-18(25)13-17/h2-13H,14H2,1H3/b20-11-. The van der Waals surface area contributed by atoms with Gasteiger partial charge in [0.2, 0.25) is 5.90 Å². The van der Waals surface area contributed by atoms with E-state index in [4.69, 9.17) is 14.2 Å². The Morgan fingerprint density at radius 3 is 2.67 bits per heavy atom. The number of esters is 1. The van der Waals surface area contributed by atoms with E-state index in [1.165, 1.54) is 43.5 Å². The monoisotopic (exact) mass is 448 g/mol. The Morgan fingerprint density at radius 2 is 1.91 bits per heavy atom. The average molecular weight is 448 g/mol. The van der Waals surface area contributed by atoms with E-state index in [-0.39, 0.29) is 23.9 Å². The maximum atomic E-state index is 13.4. The summed E-state index contributed by atoms with van der Waals surface area (Å²) in [6.07, 6.45) is 1.52. The lowest BCUT2D eigenvalue weighted by atomic mass is 10.1. The van der Waals surface area contributed by atoms with Crippen LogP contribution in [0.4, 0.5) is 10.1 Å². The number of nitro benzene ring substituents is 1. The highest BCUT2D eigenvalue weighted by atomic mass is 19.1. The number of benzene rings is 3. The highest BCUT2D eigenvalue weighted by Crippen LogP contribution is 2.30. The number of carbonyl (C=O) groups is 1. The highest BCUT2D eigenvalue weighted by molar-refractivity contribution is 6.12. The van der Waals surface area contributed by atoms with Crippen LogP contribution in [0.3, 0.4) is 0 Å². The summed E-state index contributed by atoms with van der Waals surface area (Å²) in [5.74, 6) is -0.275. The van der Waals surface area contributed by atoms with Crippen molar-refractivity contribution in [2.24, 2.45) is 4.99 Å². The number of carbonyl (C=O) groups excluding carboxylic acids is 1. The third-order valence-electron chi connectivity index (χ3n) is 4.70. The van der Waals surface area contributed by atoms with E-state index in [1.807, 2.05) is 0 Å². The van der Waals surface area contributed by atoms with Gasteiger partial charge in [0, 0.05) is 17.7 Å². The second-order valence-corrected chi connectivity index (χ2v) is 6.97. The van der Waals surface area contributed by atoms with Gasteiger partial charge in [-0.05, 0) is 47.5 Å². The lowest BCUT2D eigenvalue weighted by molar-refractivity contribution is -0.384. The summed E-state index contributed by atoms with van der Waals surface area (Å²) < 4.78 is 29.7. The lowest BCUT2D eigenvalue weighted by Crippen LogP contribution is -2.05. The number of methoxy groups -OCH3 is 1. The fourth-order valence-electron chi connectivity index (χ4n) is 3.13. The molecular weight excluding hydrogens is 431 g/mol. The summed E-state index contributed by atoms with van der Waals surface area (Å²) in [6.45, 7) is 0.103. The molecule has 8 nitrogen and oxygen atoms in total. The van der Waals surface area contributed by atoms with Crippen LogP contribution in [-0.2, 0) is 16.1 Å². The van der Waals surface area contributed by atoms with E-state index >= 15 is 0 Å². The van der Waals surface area contributed by atoms with E-state index < -0.39 is 16.7 Å². The number of ether oxygens (including phenoxy) is 3. The van der Waals surface area contributed by atoms with Crippen LogP contribution in [0.15, 0.2) is 77.4 Å². The van der Waals surface area contributed by atoms with Crippen molar-refractivity contribution in [1.29, 1.82) is 0 Å². The molecule has 0 spiro atoms. The predicted molar refractivity (Wildman–Crippen MR) is 117 cm³/mol. The van der Waals surface area contributed by atoms with Crippen LogP contribution in [0, 0.1) is 15.9 Å². The molecule has 1 heterocycles. The minimum Gasteiger partial charge on any atom is -0.493 e. The van der Waals surface area contributed by atoms with Crippen molar-refractivity contribution in [2.75, 3.05) is 7.11 Å². The molecule has 0 atom stereocenters. The Bertz CT molecular complexity index is 1300. The van der Waals surface area contributed by atoms with E-state index in [9.17, 15) is 19.3 Å². The van der Waals surface area contributed by atoms with Crippen molar-refractivity contribution in [3.05, 3.63) is 105 Å². The first kappa shape index (κ1) is 21.7. The number of nitro groups is 1. The number of non-ortho nitro benzene ring substituents is 1. The second kappa shape index (κ2) is 9.31. The minimum atomic E-state index is -0.653. The molecule has 0 unspecified atom stereocenters. The van der Waals surface area contributed by atoms with Crippen LogP contribution >= 0.6 is 0 Å². The van der Waals surface area contributed by atoms with Crippen LogP contribution in [0.2, 0.25) is 0 Å². The van der Waals surface area contributed by atoms with Crippen molar-refractivity contribution >= 4 is 23.6 Å². The third-order valence-corrected chi connectivity index (χ3v) is 4.70. The fraction of sp³-hybridized carbons (Fsp3) is 0.0833. The zero-order chi connectivity index (χ0) is 23.4. The molecule has 3 aromatic carbocycles. The van der Waals surface area contributed by atoms with Crippen molar-refractivity contribution < 1.29 is 28.3 Å². The lowest BCUT2D eigenvalue weighted by Gasteiger charge is -2.11. The molecule has 0 aromatic heterocycles. The Balaban J connectivity index is 1.53. The van der Waals surface area contributed by atoms with Crippen LogP contribution < -0.4 is 9.47 Å². The maximum Gasteiger partial charge on any atom is 0.363 e. The van der Waals surface area contributed by atoms with E-state index in [0.29, 0.717) is 28.2 Å². The van der Waals surface area contributed by atoms with Crippen molar-refractivity contribution in [3.63, 3.8) is 0 Å². The summed E-state index contributed by atoms with van der Waals surface area (Å²) in [5.41, 5.74) is 1.62. The van der Waals surface area contributed by atoms with Gasteiger partial charge in [-0.2, -0.15) is 0 Å². The molecule has 0 bridgehead atoms. The number of hydrogen-bond acceptors (Lipinski definition) is 7. The SMILES string of the molecule is COc1cc(/C=C2\N=C(c3cccc(F)c3)OC2=O)ccc1OCc1cccc([N+](=O)[O-])c1. The summed E-state index contributed by atoms with van der Waals surface area (Å²) in [4.78, 5) is 26.8. The number of nitrogens with zero attached hydrogens (tertiary/aromatic N) is 2. The van der Waals surface area contributed by atoms with E-state index in [1.54, 1.807) is 36.4 Å². The van der Waals surface area contributed by atoms with Crippen LogP contribution in [0.1, 0.15) is 16.7 Å². The Morgan fingerprint density at radius 1 is 1.09 bits per heavy atom. The smallest absolute Gasteiger partial charge is 0.363 e. The summed E-state index contributed by atoms with van der Waals surface area (Å²) in [5, 5.41) is 10.9. The Hall–Kier alpha value is -4.53. The molecular formula is C24H17FN2O6. The molecule has 9 heteroatoms. The molecule has 0 saturated heterocycles. The highest BCUT2D eigenvalue weighted by Gasteiger charge is 2.24. The van der Waals surface area contributed by atoms with Crippen LogP contribution in [-0.4, -0.2) is 23.9 Å². The molecule has 1 aliphatic rings.